The first kappa shape index (κ1) is 13.9. The van der Waals surface area contributed by atoms with E-state index in [0.29, 0.717) is 0 Å². The molecule has 0 saturated carbocycles. The van der Waals surface area contributed by atoms with Crippen molar-refractivity contribution in [1.82, 2.24) is 0 Å². The van der Waals surface area contributed by atoms with E-state index in [2.05, 4.69) is 0 Å². The van der Waals surface area contributed by atoms with Gasteiger partial charge in [0.25, 0.3) is 0 Å². The fourth-order valence-electron chi connectivity index (χ4n) is 0.897. The summed E-state index contributed by atoms with van der Waals surface area (Å²) in [5, 5.41) is 8.88. The van der Waals surface area contributed by atoms with Crippen molar-refractivity contribution in [3.63, 3.8) is 0 Å². The van der Waals surface area contributed by atoms with Gasteiger partial charge >= 0.3 is 5.97 Å². The number of carbonyl (C=O) groups excluding carboxylic acids is 1. The van der Waals surface area contributed by atoms with E-state index in [-0.39, 0.29) is 18.6 Å². The van der Waals surface area contributed by atoms with E-state index in [0.717, 1.165) is 0 Å². The fourth-order valence-corrected chi connectivity index (χ4v) is 0.897. The number of rotatable bonds is 5. The van der Waals surface area contributed by atoms with Crippen LogP contribution in [0.4, 0.5) is 0 Å². The number of amides is 1. The molecular weight excluding hydrogens is 198 g/mol. The third-order valence-corrected chi connectivity index (χ3v) is 2.15. The van der Waals surface area contributed by atoms with E-state index in [1.54, 1.807) is 0 Å². The smallest absolute Gasteiger partial charge is 0.318 e. The van der Waals surface area contributed by atoms with Gasteiger partial charge in [0.05, 0.1) is 5.60 Å². The number of carboxylic acids is 1. The molecule has 0 bridgehead atoms. The van der Waals surface area contributed by atoms with E-state index in [4.69, 9.17) is 15.6 Å². The molecule has 0 aromatic heterocycles. The first-order valence-electron chi connectivity index (χ1n) is 4.77. The summed E-state index contributed by atoms with van der Waals surface area (Å²) in [4.78, 5) is 21.9. The highest BCUT2D eigenvalue weighted by molar-refractivity contribution is 6.00. The molecule has 0 aliphatic carbocycles. The summed E-state index contributed by atoms with van der Waals surface area (Å²) in [6.45, 7) is 7.07. The lowest BCUT2D eigenvalue weighted by Gasteiger charge is -2.24. The van der Waals surface area contributed by atoms with Crippen LogP contribution < -0.4 is 5.73 Å². The van der Waals surface area contributed by atoms with Crippen LogP contribution in [0.5, 0.6) is 0 Å². The van der Waals surface area contributed by atoms with Crippen molar-refractivity contribution in [2.24, 2.45) is 11.1 Å². The maximum absolute atomic E-state index is 11.0. The molecule has 0 fully saturated rings. The van der Waals surface area contributed by atoms with Gasteiger partial charge in [0.1, 0.15) is 5.41 Å². The molecule has 0 radical (unpaired) electrons. The van der Waals surface area contributed by atoms with Gasteiger partial charge in [-0.1, -0.05) is 0 Å². The van der Waals surface area contributed by atoms with Crippen LogP contribution in [0.2, 0.25) is 0 Å². The van der Waals surface area contributed by atoms with Crippen LogP contribution in [-0.2, 0) is 14.3 Å². The zero-order valence-corrected chi connectivity index (χ0v) is 9.66. The minimum atomic E-state index is -1.55. The predicted molar refractivity (Wildman–Crippen MR) is 55.3 cm³/mol. The van der Waals surface area contributed by atoms with Crippen LogP contribution in [0, 0.1) is 5.41 Å². The Bertz CT molecular complexity index is 241. The maximum Gasteiger partial charge on any atom is 0.318 e. The van der Waals surface area contributed by atoms with Crippen molar-refractivity contribution in [3.8, 4) is 0 Å². The minimum Gasteiger partial charge on any atom is -0.480 e. The number of ether oxygens (including phenoxy) is 1. The summed E-state index contributed by atoms with van der Waals surface area (Å²) in [6, 6.07) is 0. The first-order chi connectivity index (χ1) is 6.59. The van der Waals surface area contributed by atoms with Gasteiger partial charge in [-0.15, -0.1) is 0 Å². The van der Waals surface area contributed by atoms with Gasteiger partial charge in [0, 0.05) is 6.61 Å². The summed E-state index contributed by atoms with van der Waals surface area (Å²) in [5.41, 5.74) is 3.15. The molecule has 0 aromatic rings. The lowest BCUT2D eigenvalue weighted by atomic mass is 9.86. The van der Waals surface area contributed by atoms with E-state index in [1.165, 1.54) is 6.92 Å². The van der Waals surface area contributed by atoms with Gasteiger partial charge < -0.3 is 15.6 Å². The monoisotopic (exact) mass is 217 g/mol. The molecule has 88 valence electrons. The normalized spacial score (nSPS) is 15.7. The van der Waals surface area contributed by atoms with Gasteiger partial charge in [-0.25, -0.2) is 0 Å². The standard InChI is InChI=1S/C10H19NO4/c1-9(2,3)15-6-5-10(4,7(11)12)8(13)14/h5-6H2,1-4H3,(H2,11,12)(H,13,14). The van der Waals surface area contributed by atoms with Crippen LogP contribution in [-0.4, -0.2) is 29.2 Å². The van der Waals surface area contributed by atoms with Crippen LogP contribution in [0.15, 0.2) is 0 Å². The minimum absolute atomic E-state index is 0.0783. The molecular formula is C10H19NO4. The highest BCUT2D eigenvalue weighted by atomic mass is 16.5. The van der Waals surface area contributed by atoms with Crippen LogP contribution in [0.25, 0.3) is 0 Å². The van der Waals surface area contributed by atoms with Crippen molar-refractivity contribution >= 4 is 11.9 Å². The molecule has 3 N–H and O–H groups in total. The fraction of sp³-hybridized carbons (Fsp3) is 0.800. The highest BCUT2D eigenvalue weighted by Gasteiger charge is 2.39. The molecule has 0 saturated heterocycles. The Morgan fingerprint density at radius 1 is 1.27 bits per heavy atom. The molecule has 1 unspecified atom stereocenters. The molecule has 5 nitrogen and oxygen atoms in total. The summed E-state index contributed by atoms with van der Waals surface area (Å²) in [6.07, 6.45) is 0.0783. The maximum atomic E-state index is 11.0. The second kappa shape index (κ2) is 4.61. The zero-order chi connectivity index (χ0) is 12.3. The predicted octanol–water partition coefficient (Wildman–Crippen LogP) is 0.768. The second-order valence-electron chi connectivity index (χ2n) is 4.71. The van der Waals surface area contributed by atoms with Crippen LogP contribution in [0.3, 0.4) is 0 Å². The van der Waals surface area contributed by atoms with Crippen LogP contribution in [0.1, 0.15) is 34.1 Å². The Kier molecular flexibility index (Phi) is 4.27. The third kappa shape index (κ3) is 4.29. The SMILES string of the molecule is CC(C)(C)OCCC(C)(C(N)=O)C(=O)O. The lowest BCUT2D eigenvalue weighted by molar-refractivity contribution is -0.155. The number of primary amides is 1. The molecule has 1 atom stereocenters. The lowest BCUT2D eigenvalue weighted by Crippen LogP contribution is -2.42. The quantitative estimate of drug-likeness (QED) is 0.665. The average Bonchev–Trinajstić information content (AvgIpc) is 2.00. The Hall–Kier alpha value is -1.10. The van der Waals surface area contributed by atoms with Gasteiger partial charge in [0.2, 0.25) is 5.91 Å². The molecule has 1 amide bonds. The number of hydrogen-bond acceptors (Lipinski definition) is 3. The van der Waals surface area contributed by atoms with Gasteiger partial charge in [-0.3, -0.25) is 9.59 Å². The number of aliphatic carboxylic acids is 1. The third-order valence-electron chi connectivity index (χ3n) is 2.15. The summed E-state index contributed by atoms with van der Waals surface area (Å²) >= 11 is 0. The van der Waals surface area contributed by atoms with E-state index in [1.807, 2.05) is 20.8 Å². The average molecular weight is 217 g/mol. The molecule has 15 heavy (non-hydrogen) atoms. The van der Waals surface area contributed by atoms with Crippen molar-refractivity contribution < 1.29 is 19.4 Å². The van der Waals surface area contributed by atoms with Crippen molar-refractivity contribution in [3.05, 3.63) is 0 Å². The molecule has 5 heteroatoms. The van der Waals surface area contributed by atoms with Crippen LogP contribution >= 0.6 is 0 Å². The van der Waals surface area contributed by atoms with Gasteiger partial charge in [0.15, 0.2) is 0 Å². The van der Waals surface area contributed by atoms with Gasteiger partial charge in [-0.05, 0) is 34.1 Å². The summed E-state index contributed by atoms with van der Waals surface area (Å²) in [7, 11) is 0. The molecule has 0 aromatic carbocycles. The van der Waals surface area contributed by atoms with E-state index in [9.17, 15) is 9.59 Å². The zero-order valence-electron chi connectivity index (χ0n) is 9.66. The Labute approximate surface area is 89.6 Å². The molecule has 0 rings (SSSR count). The van der Waals surface area contributed by atoms with Crippen molar-refractivity contribution in [1.29, 1.82) is 0 Å². The number of carboxylic acid groups (broad SMARTS) is 1. The van der Waals surface area contributed by atoms with E-state index < -0.39 is 17.3 Å². The Morgan fingerprint density at radius 3 is 2.00 bits per heavy atom. The van der Waals surface area contributed by atoms with E-state index >= 15 is 0 Å². The summed E-state index contributed by atoms with van der Waals surface area (Å²) < 4.78 is 5.35. The van der Waals surface area contributed by atoms with Crippen molar-refractivity contribution in [2.45, 2.75) is 39.7 Å². The molecule has 0 heterocycles. The highest BCUT2D eigenvalue weighted by Crippen LogP contribution is 2.22. The second-order valence-corrected chi connectivity index (χ2v) is 4.71. The number of carbonyl (C=O) groups is 2. The van der Waals surface area contributed by atoms with Crippen molar-refractivity contribution in [2.75, 3.05) is 6.61 Å². The Morgan fingerprint density at radius 2 is 1.73 bits per heavy atom. The number of hydrogen-bond donors (Lipinski definition) is 2. The molecule has 0 aliphatic rings. The van der Waals surface area contributed by atoms with Gasteiger partial charge in [-0.2, -0.15) is 0 Å². The first-order valence-corrected chi connectivity index (χ1v) is 4.77. The molecule has 0 spiro atoms. The Balaban J connectivity index is 4.34. The molecule has 0 aliphatic heterocycles. The largest absolute Gasteiger partial charge is 0.480 e. The topological polar surface area (TPSA) is 89.6 Å². The number of nitrogens with two attached hydrogens (primary N) is 1. The summed E-state index contributed by atoms with van der Waals surface area (Å²) in [5.74, 6) is -2.06.